The quantitative estimate of drug-likeness (QED) is 0.469. The molecule has 4 aromatic rings. The maximum atomic E-state index is 12.9. The number of rotatable bonds is 4. The average Bonchev–Trinajstić information content (AvgIpc) is 3.18. The molecule has 0 bridgehead atoms. The summed E-state index contributed by atoms with van der Waals surface area (Å²) in [5.41, 5.74) is 2.81. The van der Waals surface area contributed by atoms with Gasteiger partial charge in [0.2, 0.25) is 0 Å². The topological polar surface area (TPSA) is 70.4 Å². The summed E-state index contributed by atoms with van der Waals surface area (Å²) in [5.74, 6) is -1.32. The fraction of sp³-hybridized carbons (Fsp3) is 0.125. The molecule has 30 heavy (non-hydrogen) atoms. The first-order chi connectivity index (χ1) is 14.6. The molecule has 0 N–H and O–H groups in total. The van der Waals surface area contributed by atoms with E-state index in [4.69, 9.17) is 14.6 Å². The maximum Gasteiger partial charge on any atom is 0.357 e. The van der Waals surface area contributed by atoms with Crippen molar-refractivity contribution in [3.63, 3.8) is 0 Å². The Labute approximate surface area is 173 Å². The van der Waals surface area contributed by atoms with E-state index < -0.39 is 11.9 Å². The third-order valence-corrected chi connectivity index (χ3v) is 5.03. The predicted molar refractivity (Wildman–Crippen MR) is 114 cm³/mol. The van der Waals surface area contributed by atoms with Crippen LogP contribution in [0.25, 0.3) is 27.7 Å². The molecule has 0 fully saturated rings. The predicted octanol–water partition coefficient (Wildman–Crippen LogP) is 4.57. The summed E-state index contributed by atoms with van der Waals surface area (Å²) in [4.78, 5) is 25.6. The number of aryl methyl sites for hydroxylation is 1. The highest BCUT2D eigenvalue weighted by Crippen LogP contribution is 2.36. The lowest BCUT2D eigenvalue weighted by Gasteiger charge is -2.10. The molecule has 3 aromatic carbocycles. The Kier molecular flexibility index (Phi) is 5.06. The van der Waals surface area contributed by atoms with Gasteiger partial charge in [0.25, 0.3) is 0 Å². The molecule has 0 aliphatic carbocycles. The molecule has 6 heteroatoms. The van der Waals surface area contributed by atoms with Crippen LogP contribution in [-0.2, 0) is 9.47 Å². The standard InChI is InChI=1S/C24H20N2O4/c1-15-13-14-16-9-7-8-12-18(16)19(15)21-20(23(27)29-2)22(24(28)30-3)26(25-21)17-10-5-4-6-11-17/h4-14H,1-3H3. The second-order valence-electron chi connectivity index (χ2n) is 6.78. The minimum absolute atomic E-state index is 0.0258. The first kappa shape index (κ1) is 19.4. The third kappa shape index (κ3) is 3.12. The number of carbonyl (C=O) groups excluding carboxylic acids is 2. The van der Waals surface area contributed by atoms with Gasteiger partial charge in [-0.05, 0) is 35.4 Å². The summed E-state index contributed by atoms with van der Waals surface area (Å²) in [7, 11) is 2.55. The lowest BCUT2D eigenvalue weighted by atomic mass is 9.95. The largest absolute Gasteiger partial charge is 0.465 e. The van der Waals surface area contributed by atoms with Gasteiger partial charge in [-0.2, -0.15) is 5.10 Å². The fourth-order valence-electron chi connectivity index (χ4n) is 3.62. The number of fused-ring (bicyclic) bond motifs is 1. The van der Waals surface area contributed by atoms with E-state index >= 15 is 0 Å². The SMILES string of the molecule is COC(=O)c1c(-c2c(C)ccc3ccccc23)nn(-c2ccccc2)c1C(=O)OC. The van der Waals surface area contributed by atoms with E-state index in [0.29, 0.717) is 11.4 Å². The summed E-state index contributed by atoms with van der Waals surface area (Å²) < 4.78 is 11.5. The molecule has 0 aliphatic rings. The van der Waals surface area contributed by atoms with Crippen LogP contribution >= 0.6 is 0 Å². The van der Waals surface area contributed by atoms with Crippen LogP contribution in [0.1, 0.15) is 26.4 Å². The van der Waals surface area contributed by atoms with E-state index in [9.17, 15) is 9.59 Å². The van der Waals surface area contributed by atoms with Crippen molar-refractivity contribution in [3.8, 4) is 16.9 Å². The van der Waals surface area contributed by atoms with Gasteiger partial charge in [-0.3, -0.25) is 0 Å². The molecule has 0 unspecified atom stereocenters. The van der Waals surface area contributed by atoms with Gasteiger partial charge >= 0.3 is 11.9 Å². The van der Waals surface area contributed by atoms with Crippen LogP contribution in [0.15, 0.2) is 66.7 Å². The Morgan fingerprint density at radius 3 is 2.20 bits per heavy atom. The molecule has 0 atom stereocenters. The first-order valence-electron chi connectivity index (χ1n) is 9.40. The second kappa shape index (κ2) is 7.83. The molecule has 0 radical (unpaired) electrons. The molecule has 0 saturated heterocycles. The van der Waals surface area contributed by atoms with Crippen molar-refractivity contribution >= 4 is 22.7 Å². The summed E-state index contributed by atoms with van der Waals surface area (Å²) in [6, 6.07) is 21.0. The minimum Gasteiger partial charge on any atom is -0.465 e. The van der Waals surface area contributed by atoms with Gasteiger partial charge in [0.1, 0.15) is 11.3 Å². The molecule has 6 nitrogen and oxygen atoms in total. The Balaban J connectivity index is 2.14. The number of ether oxygens (including phenoxy) is 2. The molecule has 0 spiro atoms. The highest BCUT2D eigenvalue weighted by atomic mass is 16.5. The zero-order valence-corrected chi connectivity index (χ0v) is 16.9. The normalized spacial score (nSPS) is 10.8. The van der Waals surface area contributed by atoms with Crippen molar-refractivity contribution < 1.29 is 19.1 Å². The summed E-state index contributed by atoms with van der Waals surface area (Å²) in [5, 5.41) is 6.64. The van der Waals surface area contributed by atoms with Crippen LogP contribution in [-0.4, -0.2) is 35.9 Å². The lowest BCUT2D eigenvalue weighted by molar-refractivity contribution is 0.0549. The second-order valence-corrected chi connectivity index (χ2v) is 6.78. The van der Waals surface area contributed by atoms with Gasteiger partial charge < -0.3 is 9.47 Å². The van der Waals surface area contributed by atoms with Crippen molar-refractivity contribution in [2.75, 3.05) is 14.2 Å². The Hall–Kier alpha value is -3.93. The molecular weight excluding hydrogens is 380 g/mol. The van der Waals surface area contributed by atoms with Crippen LogP contribution in [0.2, 0.25) is 0 Å². The van der Waals surface area contributed by atoms with Gasteiger partial charge in [-0.15, -0.1) is 0 Å². The van der Waals surface area contributed by atoms with E-state index in [1.807, 2.05) is 61.5 Å². The van der Waals surface area contributed by atoms with Crippen LogP contribution in [0.4, 0.5) is 0 Å². The molecule has 1 aromatic heterocycles. The average molecular weight is 400 g/mol. The lowest BCUT2D eigenvalue weighted by Crippen LogP contribution is -2.15. The summed E-state index contributed by atoms with van der Waals surface area (Å²) >= 11 is 0. The molecule has 1 heterocycles. The van der Waals surface area contributed by atoms with E-state index in [2.05, 4.69) is 0 Å². The number of hydrogen-bond acceptors (Lipinski definition) is 5. The molecule has 150 valence electrons. The van der Waals surface area contributed by atoms with Crippen LogP contribution in [0.5, 0.6) is 0 Å². The zero-order valence-electron chi connectivity index (χ0n) is 16.9. The van der Waals surface area contributed by atoms with Crippen molar-refractivity contribution in [3.05, 3.63) is 83.6 Å². The van der Waals surface area contributed by atoms with Crippen LogP contribution < -0.4 is 0 Å². The van der Waals surface area contributed by atoms with Crippen molar-refractivity contribution in [1.82, 2.24) is 9.78 Å². The van der Waals surface area contributed by atoms with Crippen molar-refractivity contribution in [2.24, 2.45) is 0 Å². The number of nitrogens with zero attached hydrogens (tertiary/aromatic N) is 2. The molecule has 0 amide bonds. The van der Waals surface area contributed by atoms with E-state index in [-0.39, 0.29) is 11.3 Å². The number of aromatic nitrogens is 2. The van der Waals surface area contributed by atoms with E-state index in [1.165, 1.54) is 18.9 Å². The zero-order chi connectivity index (χ0) is 21.3. The minimum atomic E-state index is -0.670. The van der Waals surface area contributed by atoms with Crippen molar-refractivity contribution in [2.45, 2.75) is 6.92 Å². The van der Waals surface area contributed by atoms with Gasteiger partial charge in [-0.25, -0.2) is 14.3 Å². The summed E-state index contributed by atoms with van der Waals surface area (Å²) in [6.45, 7) is 1.95. The van der Waals surface area contributed by atoms with Crippen LogP contribution in [0.3, 0.4) is 0 Å². The third-order valence-electron chi connectivity index (χ3n) is 5.03. The number of methoxy groups -OCH3 is 2. The Morgan fingerprint density at radius 2 is 1.50 bits per heavy atom. The molecule has 0 saturated carbocycles. The maximum absolute atomic E-state index is 12.9. The number of benzene rings is 3. The Morgan fingerprint density at radius 1 is 0.833 bits per heavy atom. The van der Waals surface area contributed by atoms with Gasteiger partial charge in [0.05, 0.1) is 19.9 Å². The fourth-order valence-corrected chi connectivity index (χ4v) is 3.62. The Bertz CT molecular complexity index is 1260. The number of carbonyl (C=O) groups is 2. The van der Waals surface area contributed by atoms with Crippen molar-refractivity contribution in [1.29, 1.82) is 0 Å². The molecule has 4 rings (SSSR count). The highest BCUT2D eigenvalue weighted by Gasteiger charge is 2.32. The van der Waals surface area contributed by atoms with Crippen LogP contribution in [0, 0.1) is 6.92 Å². The number of esters is 2. The molecular formula is C24H20N2O4. The van der Waals surface area contributed by atoms with E-state index in [1.54, 1.807) is 12.1 Å². The van der Waals surface area contributed by atoms with Gasteiger partial charge in [0.15, 0.2) is 5.69 Å². The smallest absolute Gasteiger partial charge is 0.357 e. The highest BCUT2D eigenvalue weighted by molar-refractivity contribution is 6.10. The summed E-state index contributed by atoms with van der Waals surface area (Å²) in [6.07, 6.45) is 0. The number of hydrogen-bond donors (Lipinski definition) is 0. The first-order valence-corrected chi connectivity index (χ1v) is 9.40. The van der Waals surface area contributed by atoms with Gasteiger partial charge in [-0.1, -0.05) is 54.6 Å². The number of para-hydroxylation sites is 1. The monoisotopic (exact) mass is 400 g/mol. The van der Waals surface area contributed by atoms with Gasteiger partial charge in [0, 0.05) is 5.56 Å². The molecule has 0 aliphatic heterocycles. The van der Waals surface area contributed by atoms with E-state index in [0.717, 1.165) is 21.9 Å².